The molecule has 0 radical (unpaired) electrons. The number of nitrogens with two attached hydrogens (primary N) is 1. The third-order valence-electron chi connectivity index (χ3n) is 3.05. The summed E-state index contributed by atoms with van der Waals surface area (Å²) in [5.41, 5.74) is 6.76. The normalized spacial score (nSPS) is 12.4. The summed E-state index contributed by atoms with van der Waals surface area (Å²) in [5.74, 6) is 0.0444. The van der Waals surface area contributed by atoms with Crippen LogP contribution in [0.15, 0.2) is 30.3 Å². The molecule has 0 fully saturated rings. The number of benzene rings is 1. The first kappa shape index (κ1) is 14.7. The summed E-state index contributed by atoms with van der Waals surface area (Å²) in [6.07, 6.45) is 0.897. The molecule has 4 nitrogen and oxygen atoms in total. The van der Waals surface area contributed by atoms with E-state index < -0.39 is 0 Å². The molecule has 0 spiro atoms. The van der Waals surface area contributed by atoms with Gasteiger partial charge < -0.3 is 11.1 Å². The molecule has 0 bridgehead atoms. The van der Waals surface area contributed by atoms with Gasteiger partial charge in [-0.3, -0.25) is 9.69 Å². The summed E-state index contributed by atoms with van der Waals surface area (Å²) >= 11 is 0. The molecule has 1 rings (SSSR count). The van der Waals surface area contributed by atoms with Crippen LogP contribution in [0.1, 0.15) is 18.9 Å². The van der Waals surface area contributed by atoms with Crippen molar-refractivity contribution in [2.75, 3.05) is 20.1 Å². The zero-order valence-corrected chi connectivity index (χ0v) is 11.2. The molecule has 1 aromatic carbocycles. The Morgan fingerprint density at radius 3 is 2.61 bits per heavy atom. The van der Waals surface area contributed by atoms with Crippen LogP contribution in [0.2, 0.25) is 0 Å². The van der Waals surface area contributed by atoms with Gasteiger partial charge >= 0.3 is 0 Å². The predicted octanol–water partition coefficient (Wildman–Crippen LogP) is 0.972. The standard InChI is InChI=1S/C14H23N3O/c1-12(14(18)16-2)17(10-6-9-15)11-13-7-4-3-5-8-13/h3-5,7-8,12H,6,9-11,15H2,1-2H3,(H,16,18). The second-order valence-corrected chi connectivity index (χ2v) is 4.39. The Kier molecular flexibility index (Phi) is 6.39. The van der Waals surface area contributed by atoms with Crippen LogP contribution < -0.4 is 11.1 Å². The Hall–Kier alpha value is -1.39. The van der Waals surface area contributed by atoms with Gasteiger partial charge in [-0.25, -0.2) is 0 Å². The van der Waals surface area contributed by atoms with Crippen molar-refractivity contribution in [3.05, 3.63) is 35.9 Å². The highest BCUT2D eigenvalue weighted by Gasteiger charge is 2.19. The molecule has 0 aliphatic carbocycles. The van der Waals surface area contributed by atoms with Crippen molar-refractivity contribution in [2.24, 2.45) is 5.73 Å². The Morgan fingerprint density at radius 2 is 2.06 bits per heavy atom. The maximum atomic E-state index is 11.7. The number of hydrogen-bond donors (Lipinski definition) is 2. The average Bonchev–Trinajstić information content (AvgIpc) is 2.42. The van der Waals surface area contributed by atoms with Crippen LogP contribution in [-0.4, -0.2) is 37.0 Å². The largest absolute Gasteiger partial charge is 0.358 e. The van der Waals surface area contributed by atoms with Gasteiger partial charge in [0.2, 0.25) is 5.91 Å². The van der Waals surface area contributed by atoms with Crippen LogP contribution in [0.4, 0.5) is 0 Å². The van der Waals surface area contributed by atoms with Crippen molar-refractivity contribution in [3.8, 4) is 0 Å². The summed E-state index contributed by atoms with van der Waals surface area (Å²) in [6.45, 7) is 4.18. The number of hydrogen-bond acceptors (Lipinski definition) is 3. The first-order chi connectivity index (χ1) is 8.69. The molecule has 100 valence electrons. The molecule has 18 heavy (non-hydrogen) atoms. The number of carbonyl (C=O) groups is 1. The summed E-state index contributed by atoms with van der Waals surface area (Å²) in [4.78, 5) is 13.9. The van der Waals surface area contributed by atoms with Crippen LogP contribution in [-0.2, 0) is 11.3 Å². The highest BCUT2D eigenvalue weighted by atomic mass is 16.2. The summed E-state index contributed by atoms with van der Waals surface area (Å²) in [6, 6.07) is 10.0. The van der Waals surface area contributed by atoms with Gasteiger partial charge in [-0.2, -0.15) is 0 Å². The molecule has 0 aliphatic rings. The lowest BCUT2D eigenvalue weighted by Crippen LogP contribution is -2.44. The topological polar surface area (TPSA) is 58.4 Å². The van der Waals surface area contributed by atoms with E-state index in [9.17, 15) is 4.79 Å². The van der Waals surface area contributed by atoms with Gasteiger partial charge in [-0.05, 0) is 25.5 Å². The fraction of sp³-hybridized carbons (Fsp3) is 0.500. The van der Waals surface area contributed by atoms with Crippen molar-refractivity contribution in [1.82, 2.24) is 10.2 Å². The Bertz CT molecular complexity index is 353. The van der Waals surface area contributed by atoms with Crippen molar-refractivity contribution in [2.45, 2.75) is 25.9 Å². The highest BCUT2D eigenvalue weighted by Crippen LogP contribution is 2.09. The van der Waals surface area contributed by atoms with E-state index in [1.807, 2.05) is 25.1 Å². The van der Waals surface area contributed by atoms with Gasteiger partial charge in [0.1, 0.15) is 0 Å². The predicted molar refractivity (Wildman–Crippen MR) is 74.1 cm³/mol. The van der Waals surface area contributed by atoms with Gasteiger partial charge in [-0.15, -0.1) is 0 Å². The Labute approximate surface area is 109 Å². The Balaban J connectivity index is 2.68. The fourth-order valence-corrected chi connectivity index (χ4v) is 1.90. The van der Waals surface area contributed by atoms with E-state index in [1.54, 1.807) is 7.05 Å². The van der Waals surface area contributed by atoms with E-state index in [4.69, 9.17) is 5.73 Å². The van der Waals surface area contributed by atoms with E-state index in [1.165, 1.54) is 5.56 Å². The average molecular weight is 249 g/mol. The molecule has 0 saturated carbocycles. The zero-order valence-electron chi connectivity index (χ0n) is 11.2. The van der Waals surface area contributed by atoms with Crippen molar-refractivity contribution in [1.29, 1.82) is 0 Å². The molecule has 0 aromatic heterocycles. The minimum atomic E-state index is -0.137. The second-order valence-electron chi connectivity index (χ2n) is 4.39. The zero-order chi connectivity index (χ0) is 13.4. The molecule has 1 aromatic rings. The lowest BCUT2D eigenvalue weighted by atomic mass is 10.1. The molecular formula is C14H23N3O. The fourth-order valence-electron chi connectivity index (χ4n) is 1.90. The number of nitrogens with one attached hydrogen (secondary N) is 1. The van der Waals surface area contributed by atoms with Gasteiger partial charge in [0.25, 0.3) is 0 Å². The molecular weight excluding hydrogens is 226 g/mol. The van der Waals surface area contributed by atoms with Crippen molar-refractivity contribution in [3.63, 3.8) is 0 Å². The maximum absolute atomic E-state index is 11.7. The molecule has 1 amide bonds. The summed E-state index contributed by atoms with van der Waals surface area (Å²) < 4.78 is 0. The first-order valence-corrected chi connectivity index (χ1v) is 6.38. The Morgan fingerprint density at radius 1 is 1.39 bits per heavy atom. The maximum Gasteiger partial charge on any atom is 0.236 e. The number of carbonyl (C=O) groups excluding carboxylic acids is 1. The van der Waals surface area contributed by atoms with Gasteiger partial charge in [0.05, 0.1) is 6.04 Å². The van der Waals surface area contributed by atoms with Crippen LogP contribution in [0.3, 0.4) is 0 Å². The highest BCUT2D eigenvalue weighted by molar-refractivity contribution is 5.80. The van der Waals surface area contributed by atoms with Gasteiger partial charge in [-0.1, -0.05) is 30.3 Å². The summed E-state index contributed by atoms with van der Waals surface area (Å²) in [5, 5.41) is 2.70. The number of amides is 1. The van der Waals surface area contributed by atoms with E-state index in [-0.39, 0.29) is 11.9 Å². The molecule has 1 atom stereocenters. The first-order valence-electron chi connectivity index (χ1n) is 6.38. The van der Waals surface area contributed by atoms with E-state index in [0.717, 1.165) is 19.5 Å². The third-order valence-corrected chi connectivity index (χ3v) is 3.05. The van der Waals surface area contributed by atoms with E-state index in [2.05, 4.69) is 22.3 Å². The monoisotopic (exact) mass is 249 g/mol. The molecule has 1 unspecified atom stereocenters. The number of likely N-dealkylation sites (N-methyl/N-ethyl adjacent to an activating group) is 1. The van der Waals surface area contributed by atoms with Crippen LogP contribution in [0.5, 0.6) is 0 Å². The van der Waals surface area contributed by atoms with Crippen molar-refractivity contribution >= 4 is 5.91 Å². The third kappa shape index (κ3) is 4.47. The van der Waals surface area contributed by atoms with Crippen LogP contribution in [0.25, 0.3) is 0 Å². The SMILES string of the molecule is CNC(=O)C(C)N(CCCN)Cc1ccccc1. The van der Waals surface area contributed by atoms with Crippen LogP contribution >= 0.6 is 0 Å². The molecule has 3 N–H and O–H groups in total. The quantitative estimate of drug-likeness (QED) is 0.757. The molecule has 0 saturated heterocycles. The van der Waals surface area contributed by atoms with Gasteiger partial charge in [0.15, 0.2) is 0 Å². The lowest BCUT2D eigenvalue weighted by molar-refractivity contribution is -0.125. The van der Waals surface area contributed by atoms with Crippen LogP contribution in [0, 0.1) is 0 Å². The molecule has 0 heterocycles. The molecule has 4 heteroatoms. The number of rotatable bonds is 7. The van der Waals surface area contributed by atoms with E-state index in [0.29, 0.717) is 6.54 Å². The second kappa shape index (κ2) is 7.84. The summed E-state index contributed by atoms with van der Waals surface area (Å²) in [7, 11) is 1.67. The number of nitrogens with zero attached hydrogens (tertiary/aromatic N) is 1. The molecule has 0 aliphatic heterocycles. The van der Waals surface area contributed by atoms with Crippen molar-refractivity contribution < 1.29 is 4.79 Å². The minimum absolute atomic E-state index is 0.0444. The lowest BCUT2D eigenvalue weighted by Gasteiger charge is -2.27. The minimum Gasteiger partial charge on any atom is -0.358 e. The van der Waals surface area contributed by atoms with Gasteiger partial charge in [0, 0.05) is 20.1 Å². The smallest absolute Gasteiger partial charge is 0.236 e. The van der Waals surface area contributed by atoms with E-state index >= 15 is 0 Å².